The average molecular weight is 262 g/mol. The minimum atomic E-state index is -0.453. The molecule has 1 aromatic carbocycles. The van der Waals surface area contributed by atoms with Crippen LogP contribution in [-0.2, 0) is 11.3 Å². The lowest BCUT2D eigenvalue weighted by atomic mass is 10.2. The molecule has 0 unspecified atom stereocenters. The molecule has 0 spiro atoms. The average Bonchev–Trinajstić information content (AvgIpc) is 2.70. The van der Waals surface area contributed by atoms with Gasteiger partial charge in [0.05, 0.1) is 5.69 Å². The van der Waals surface area contributed by atoms with Crippen molar-refractivity contribution < 1.29 is 9.53 Å². The monoisotopic (exact) mass is 262 g/mol. The highest BCUT2D eigenvalue weighted by atomic mass is 32.1. The Hall–Kier alpha value is -1.88. The van der Waals surface area contributed by atoms with Gasteiger partial charge in [-0.1, -0.05) is 30.3 Å². The highest BCUT2D eigenvalue weighted by Gasteiger charge is 2.10. The summed E-state index contributed by atoms with van der Waals surface area (Å²) in [5.41, 5.74) is 2.87. The lowest BCUT2D eigenvalue weighted by molar-refractivity contribution is 0.155. The number of nitrogens with zero attached hydrogens (tertiary/aromatic N) is 1. The Morgan fingerprint density at radius 2 is 2.06 bits per heavy atom. The smallest absolute Gasteiger partial charge is 0.412 e. The molecular formula is C13H14N2O2S. The lowest BCUT2D eigenvalue weighted by Gasteiger charge is -2.05. The molecule has 2 rings (SSSR count). The standard InChI is InChI=1S/C13H14N2O2S/c1-9-10(2)15-18-12(9)14-13(16)17-8-11-6-4-3-5-7-11/h3-7H,8H2,1-2H3,(H,14,16). The summed E-state index contributed by atoms with van der Waals surface area (Å²) in [4.78, 5) is 11.6. The summed E-state index contributed by atoms with van der Waals surface area (Å²) < 4.78 is 9.28. The normalized spacial score (nSPS) is 10.1. The first-order chi connectivity index (χ1) is 8.66. The van der Waals surface area contributed by atoms with Gasteiger partial charge >= 0.3 is 6.09 Å². The summed E-state index contributed by atoms with van der Waals surface area (Å²) in [6.45, 7) is 4.10. The molecule has 0 bridgehead atoms. The molecule has 2 aromatic rings. The maximum atomic E-state index is 11.6. The summed E-state index contributed by atoms with van der Waals surface area (Å²) >= 11 is 1.26. The van der Waals surface area contributed by atoms with Gasteiger partial charge in [0.2, 0.25) is 0 Å². The van der Waals surface area contributed by atoms with Gasteiger partial charge in [-0.25, -0.2) is 4.79 Å². The van der Waals surface area contributed by atoms with E-state index < -0.39 is 6.09 Å². The van der Waals surface area contributed by atoms with E-state index in [-0.39, 0.29) is 6.61 Å². The van der Waals surface area contributed by atoms with E-state index >= 15 is 0 Å². The maximum absolute atomic E-state index is 11.6. The Morgan fingerprint density at radius 3 is 2.67 bits per heavy atom. The van der Waals surface area contributed by atoms with Gasteiger partial charge in [0.15, 0.2) is 0 Å². The third-order valence-corrected chi connectivity index (χ3v) is 3.54. The summed E-state index contributed by atoms with van der Waals surface area (Å²) in [7, 11) is 0. The molecular weight excluding hydrogens is 248 g/mol. The molecule has 0 radical (unpaired) electrons. The van der Waals surface area contributed by atoms with Gasteiger partial charge in [-0.3, -0.25) is 5.32 Å². The predicted octanol–water partition coefficient (Wildman–Crippen LogP) is 3.51. The van der Waals surface area contributed by atoms with Crippen molar-refractivity contribution in [3.8, 4) is 0 Å². The molecule has 1 heterocycles. The van der Waals surface area contributed by atoms with Crippen LogP contribution in [0.4, 0.5) is 9.80 Å². The molecule has 1 N–H and O–H groups in total. The number of ether oxygens (including phenoxy) is 1. The number of hydrogen-bond acceptors (Lipinski definition) is 4. The number of nitrogens with one attached hydrogen (secondary N) is 1. The molecule has 0 fully saturated rings. The van der Waals surface area contributed by atoms with E-state index in [0.717, 1.165) is 21.8 Å². The second-order valence-electron chi connectivity index (χ2n) is 3.91. The first kappa shape index (κ1) is 12.6. The minimum absolute atomic E-state index is 0.267. The number of carbonyl (C=O) groups is 1. The van der Waals surface area contributed by atoms with E-state index in [0.29, 0.717) is 0 Å². The van der Waals surface area contributed by atoms with Crippen LogP contribution >= 0.6 is 11.5 Å². The topological polar surface area (TPSA) is 51.2 Å². The summed E-state index contributed by atoms with van der Waals surface area (Å²) in [6.07, 6.45) is -0.453. The van der Waals surface area contributed by atoms with Crippen LogP contribution in [0.3, 0.4) is 0 Å². The van der Waals surface area contributed by atoms with Crippen LogP contribution in [0, 0.1) is 13.8 Å². The largest absolute Gasteiger partial charge is 0.444 e. The van der Waals surface area contributed by atoms with Crippen LogP contribution in [0.15, 0.2) is 30.3 Å². The molecule has 0 saturated carbocycles. The van der Waals surface area contributed by atoms with Crippen LogP contribution in [0.2, 0.25) is 0 Å². The predicted molar refractivity (Wildman–Crippen MR) is 71.8 cm³/mol. The highest BCUT2D eigenvalue weighted by molar-refractivity contribution is 7.10. The Morgan fingerprint density at radius 1 is 1.33 bits per heavy atom. The number of anilines is 1. The summed E-state index contributed by atoms with van der Waals surface area (Å²) in [6, 6.07) is 9.57. The lowest BCUT2D eigenvalue weighted by Crippen LogP contribution is -2.13. The van der Waals surface area contributed by atoms with Gasteiger partial charge in [-0.05, 0) is 30.9 Å². The van der Waals surface area contributed by atoms with Gasteiger partial charge in [0.25, 0.3) is 0 Å². The number of amides is 1. The van der Waals surface area contributed by atoms with Crippen molar-refractivity contribution in [2.45, 2.75) is 20.5 Å². The van der Waals surface area contributed by atoms with Gasteiger partial charge in [0, 0.05) is 5.56 Å². The molecule has 18 heavy (non-hydrogen) atoms. The number of carbonyl (C=O) groups excluding carboxylic acids is 1. The Kier molecular flexibility index (Phi) is 3.94. The maximum Gasteiger partial charge on any atom is 0.412 e. The fraction of sp³-hybridized carbons (Fsp3) is 0.231. The molecule has 0 atom stereocenters. The van der Waals surface area contributed by atoms with E-state index in [1.165, 1.54) is 11.5 Å². The molecule has 5 heteroatoms. The van der Waals surface area contributed by atoms with E-state index in [1.807, 2.05) is 44.2 Å². The second kappa shape index (κ2) is 5.64. The van der Waals surface area contributed by atoms with Crippen molar-refractivity contribution in [1.82, 2.24) is 4.37 Å². The Balaban J connectivity index is 1.88. The van der Waals surface area contributed by atoms with Crippen LogP contribution < -0.4 is 5.32 Å². The van der Waals surface area contributed by atoms with Gasteiger partial charge in [-0.15, -0.1) is 0 Å². The Labute approximate surface area is 110 Å². The van der Waals surface area contributed by atoms with Gasteiger partial charge in [0.1, 0.15) is 11.6 Å². The molecule has 94 valence electrons. The van der Waals surface area contributed by atoms with Crippen LogP contribution in [0.1, 0.15) is 16.8 Å². The highest BCUT2D eigenvalue weighted by Crippen LogP contribution is 2.23. The molecule has 0 aliphatic rings. The van der Waals surface area contributed by atoms with Crippen LogP contribution in [-0.4, -0.2) is 10.5 Å². The molecule has 0 aliphatic carbocycles. The van der Waals surface area contributed by atoms with Crippen molar-refractivity contribution in [2.75, 3.05) is 5.32 Å². The third-order valence-electron chi connectivity index (χ3n) is 2.59. The zero-order valence-corrected chi connectivity index (χ0v) is 11.1. The first-order valence-corrected chi connectivity index (χ1v) is 6.34. The fourth-order valence-corrected chi connectivity index (χ4v) is 2.16. The fourth-order valence-electron chi connectivity index (χ4n) is 1.38. The number of hydrogen-bond donors (Lipinski definition) is 1. The van der Waals surface area contributed by atoms with Crippen molar-refractivity contribution in [3.63, 3.8) is 0 Å². The quantitative estimate of drug-likeness (QED) is 0.921. The molecule has 0 saturated heterocycles. The molecule has 1 aromatic heterocycles. The van der Waals surface area contributed by atoms with Crippen molar-refractivity contribution in [2.24, 2.45) is 0 Å². The van der Waals surface area contributed by atoms with E-state index in [4.69, 9.17) is 4.74 Å². The molecule has 4 nitrogen and oxygen atoms in total. The second-order valence-corrected chi connectivity index (χ2v) is 4.68. The van der Waals surface area contributed by atoms with Crippen molar-refractivity contribution >= 4 is 22.6 Å². The van der Waals surface area contributed by atoms with Crippen LogP contribution in [0.25, 0.3) is 0 Å². The number of rotatable bonds is 3. The summed E-state index contributed by atoms with van der Waals surface area (Å²) in [5, 5.41) is 3.44. The first-order valence-electron chi connectivity index (χ1n) is 5.57. The molecule has 1 amide bonds. The van der Waals surface area contributed by atoms with E-state index in [1.54, 1.807) is 0 Å². The number of aromatic nitrogens is 1. The van der Waals surface area contributed by atoms with Crippen LogP contribution in [0.5, 0.6) is 0 Å². The summed E-state index contributed by atoms with van der Waals surface area (Å²) in [5.74, 6) is 0. The minimum Gasteiger partial charge on any atom is -0.444 e. The van der Waals surface area contributed by atoms with Gasteiger partial charge in [-0.2, -0.15) is 4.37 Å². The molecule has 0 aliphatic heterocycles. The van der Waals surface area contributed by atoms with E-state index in [9.17, 15) is 4.79 Å². The SMILES string of the molecule is Cc1nsc(NC(=O)OCc2ccccc2)c1C. The van der Waals surface area contributed by atoms with Crippen molar-refractivity contribution in [3.05, 3.63) is 47.2 Å². The number of aryl methyl sites for hydroxylation is 1. The zero-order valence-electron chi connectivity index (χ0n) is 10.3. The Bertz CT molecular complexity index is 537. The van der Waals surface area contributed by atoms with Crippen molar-refractivity contribution in [1.29, 1.82) is 0 Å². The van der Waals surface area contributed by atoms with E-state index in [2.05, 4.69) is 9.69 Å². The van der Waals surface area contributed by atoms with Gasteiger partial charge < -0.3 is 4.74 Å². The third kappa shape index (κ3) is 3.07. The number of benzene rings is 1. The zero-order chi connectivity index (χ0) is 13.0.